The molecule has 0 N–H and O–H groups in total. The number of esters is 1. The van der Waals surface area contributed by atoms with Crippen LogP contribution in [-0.2, 0) is 19.1 Å². The molecule has 4 heteroatoms. The summed E-state index contributed by atoms with van der Waals surface area (Å²) in [5.41, 5.74) is 0.329. The van der Waals surface area contributed by atoms with Crippen molar-refractivity contribution in [3.8, 4) is 0 Å². The molecule has 0 amide bonds. The molecular weight excluding hydrogens is 208 g/mol. The molecule has 0 aromatic carbocycles. The van der Waals surface area contributed by atoms with Crippen LogP contribution in [-0.4, -0.2) is 25.5 Å². The summed E-state index contributed by atoms with van der Waals surface area (Å²) in [6.07, 6.45) is 1.99. The second-order valence-corrected chi connectivity index (χ2v) is 3.66. The van der Waals surface area contributed by atoms with Gasteiger partial charge in [-0.2, -0.15) is 0 Å². The molecular formula is C12H20O4. The molecule has 0 rings (SSSR count). The predicted octanol–water partition coefficient (Wildman–Crippen LogP) is 1.94. The highest BCUT2D eigenvalue weighted by molar-refractivity contribution is 5.87. The van der Waals surface area contributed by atoms with E-state index in [0.717, 1.165) is 0 Å². The molecule has 16 heavy (non-hydrogen) atoms. The van der Waals surface area contributed by atoms with Crippen molar-refractivity contribution in [3.63, 3.8) is 0 Å². The van der Waals surface area contributed by atoms with E-state index in [2.05, 4.69) is 0 Å². The predicted molar refractivity (Wildman–Crippen MR) is 60.7 cm³/mol. The van der Waals surface area contributed by atoms with Gasteiger partial charge in [0.1, 0.15) is 6.29 Å². The summed E-state index contributed by atoms with van der Waals surface area (Å²) in [6, 6.07) is 0. The van der Waals surface area contributed by atoms with Gasteiger partial charge in [-0.25, -0.2) is 0 Å². The Bertz CT molecular complexity index is 256. The van der Waals surface area contributed by atoms with Gasteiger partial charge in [-0.05, 0) is 19.8 Å². The second kappa shape index (κ2) is 7.91. The molecule has 0 radical (unpaired) electrons. The second-order valence-electron chi connectivity index (χ2n) is 3.66. The van der Waals surface area contributed by atoms with Crippen LogP contribution >= 0.6 is 0 Å². The Morgan fingerprint density at radius 2 is 1.88 bits per heavy atom. The third-order valence-electron chi connectivity index (χ3n) is 2.09. The molecule has 0 saturated heterocycles. The van der Waals surface area contributed by atoms with Gasteiger partial charge in [-0.15, -0.1) is 0 Å². The van der Waals surface area contributed by atoms with Crippen molar-refractivity contribution in [2.75, 3.05) is 13.2 Å². The molecule has 4 nitrogen and oxygen atoms in total. The Morgan fingerprint density at radius 1 is 1.25 bits per heavy atom. The van der Waals surface area contributed by atoms with Gasteiger partial charge in [-0.3, -0.25) is 9.59 Å². The Morgan fingerprint density at radius 3 is 2.25 bits per heavy atom. The van der Waals surface area contributed by atoms with Gasteiger partial charge < -0.3 is 9.47 Å². The standard InChI is InChI=1S/C12H20O4/c1-5-15-8-10(7-13)11(9(3)4)12(14)16-6-2/h7-9,11H,5-6H2,1-4H3/b10-8+. The number of rotatable bonds is 7. The monoisotopic (exact) mass is 228 g/mol. The maximum Gasteiger partial charge on any atom is 0.313 e. The van der Waals surface area contributed by atoms with Crippen LogP contribution in [0.3, 0.4) is 0 Å². The highest BCUT2D eigenvalue weighted by Gasteiger charge is 2.27. The maximum atomic E-state index is 11.7. The quantitative estimate of drug-likeness (QED) is 0.289. The van der Waals surface area contributed by atoms with Crippen molar-refractivity contribution in [2.24, 2.45) is 11.8 Å². The number of carbonyl (C=O) groups excluding carboxylic acids is 2. The third kappa shape index (κ3) is 4.47. The zero-order chi connectivity index (χ0) is 12.6. The molecule has 92 valence electrons. The van der Waals surface area contributed by atoms with Crippen LogP contribution in [0.15, 0.2) is 11.8 Å². The number of aldehydes is 1. The smallest absolute Gasteiger partial charge is 0.313 e. The Balaban J connectivity index is 4.86. The molecule has 1 unspecified atom stereocenters. The Labute approximate surface area is 96.6 Å². The summed E-state index contributed by atoms with van der Waals surface area (Å²) in [7, 11) is 0. The van der Waals surface area contributed by atoms with Gasteiger partial charge in [0.15, 0.2) is 0 Å². The summed E-state index contributed by atoms with van der Waals surface area (Å²) < 4.78 is 9.98. The molecule has 0 fully saturated rings. The van der Waals surface area contributed by atoms with Gasteiger partial charge in [-0.1, -0.05) is 13.8 Å². The van der Waals surface area contributed by atoms with Gasteiger partial charge >= 0.3 is 5.97 Å². The lowest BCUT2D eigenvalue weighted by atomic mass is 9.89. The lowest BCUT2D eigenvalue weighted by molar-refractivity contribution is -0.148. The molecule has 0 heterocycles. The summed E-state index contributed by atoms with van der Waals surface area (Å²) in [5.74, 6) is -0.935. The van der Waals surface area contributed by atoms with E-state index in [-0.39, 0.29) is 11.9 Å². The summed E-state index contributed by atoms with van der Waals surface area (Å²) >= 11 is 0. The highest BCUT2D eigenvalue weighted by atomic mass is 16.5. The van der Waals surface area contributed by atoms with Crippen molar-refractivity contribution in [1.29, 1.82) is 0 Å². The fraction of sp³-hybridized carbons (Fsp3) is 0.667. The van der Waals surface area contributed by atoms with Crippen LogP contribution in [0.5, 0.6) is 0 Å². The average molecular weight is 228 g/mol. The average Bonchev–Trinajstić information content (AvgIpc) is 2.23. The molecule has 0 aromatic rings. The number of hydrogen-bond acceptors (Lipinski definition) is 4. The minimum atomic E-state index is -0.552. The normalized spacial score (nSPS) is 13.4. The van der Waals surface area contributed by atoms with Gasteiger partial charge in [0.05, 0.1) is 25.4 Å². The van der Waals surface area contributed by atoms with E-state index < -0.39 is 5.92 Å². The highest BCUT2D eigenvalue weighted by Crippen LogP contribution is 2.21. The SMILES string of the molecule is CCO/C=C(\C=O)C(C(=O)OCC)C(C)C. The summed E-state index contributed by atoms with van der Waals surface area (Å²) in [5, 5.41) is 0. The summed E-state index contributed by atoms with van der Waals surface area (Å²) in [6.45, 7) is 8.05. The Hall–Kier alpha value is -1.32. The van der Waals surface area contributed by atoms with E-state index in [1.54, 1.807) is 6.92 Å². The number of hydrogen-bond donors (Lipinski definition) is 0. The minimum absolute atomic E-state index is 0.00374. The molecule has 0 saturated carbocycles. The van der Waals surface area contributed by atoms with Crippen LogP contribution in [0, 0.1) is 11.8 Å². The molecule has 0 aliphatic rings. The third-order valence-corrected chi connectivity index (χ3v) is 2.09. The van der Waals surface area contributed by atoms with Gasteiger partial charge in [0.2, 0.25) is 0 Å². The van der Waals surface area contributed by atoms with Crippen LogP contribution in [0.4, 0.5) is 0 Å². The van der Waals surface area contributed by atoms with E-state index in [4.69, 9.17) is 9.47 Å². The zero-order valence-corrected chi connectivity index (χ0v) is 10.4. The number of ether oxygens (including phenoxy) is 2. The van der Waals surface area contributed by atoms with E-state index in [1.807, 2.05) is 20.8 Å². The molecule has 0 spiro atoms. The lowest BCUT2D eigenvalue weighted by Crippen LogP contribution is -2.25. The molecule has 0 aromatic heterocycles. The van der Waals surface area contributed by atoms with Crippen LogP contribution in [0.1, 0.15) is 27.7 Å². The number of carbonyl (C=O) groups is 2. The zero-order valence-electron chi connectivity index (χ0n) is 10.4. The Kier molecular flexibility index (Phi) is 7.25. The fourth-order valence-corrected chi connectivity index (χ4v) is 1.38. The first kappa shape index (κ1) is 14.7. The fourth-order valence-electron chi connectivity index (χ4n) is 1.38. The van der Waals surface area contributed by atoms with Crippen molar-refractivity contribution < 1.29 is 19.1 Å². The van der Waals surface area contributed by atoms with E-state index in [1.165, 1.54) is 6.26 Å². The topological polar surface area (TPSA) is 52.6 Å². The van der Waals surface area contributed by atoms with Crippen LogP contribution < -0.4 is 0 Å². The first-order valence-electron chi connectivity index (χ1n) is 5.51. The van der Waals surface area contributed by atoms with E-state index >= 15 is 0 Å². The van der Waals surface area contributed by atoms with Gasteiger partial charge in [0.25, 0.3) is 0 Å². The van der Waals surface area contributed by atoms with E-state index in [0.29, 0.717) is 25.1 Å². The van der Waals surface area contributed by atoms with Crippen molar-refractivity contribution in [3.05, 3.63) is 11.8 Å². The minimum Gasteiger partial charge on any atom is -0.501 e. The molecule has 0 bridgehead atoms. The van der Waals surface area contributed by atoms with Crippen molar-refractivity contribution in [1.82, 2.24) is 0 Å². The first-order chi connectivity index (χ1) is 7.58. The van der Waals surface area contributed by atoms with E-state index in [9.17, 15) is 9.59 Å². The van der Waals surface area contributed by atoms with Gasteiger partial charge in [0, 0.05) is 5.57 Å². The van der Waals surface area contributed by atoms with Crippen LogP contribution in [0.2, 0.25) is 0 Å². The largest absolute Gasteiger partial charge is 0.501 e. The lowest BCUT2D eigenvalue weighted by Gasteiger charge is -2.18. The van der Waals surface area contributed by atoms with Crippen molar-refractivity contribution >= 4 is 12.3 Å². The first-order valence-corrected chi connectivity index (χ1v) is 5.51. The molecule has 1 atom stereocenters. The molecule has 0 aliphatic carbocycles. The molecule has 0 aliphatic heterocycles. The van der Waals surface area contributed by atoms with Crippen molar-refractivity contribution in [2.45, 2.75) is 27.7 Å². The van der Waals surface area contributed by atoms with Crippen LogP contribution in [0.25, 0.3) is 0 Å². The maximum absolute atomic E-state index is 11.7. The summed E-state index contributed by atoms with van der Waals surface area (Å²) in [4.78, 5) is 22.6.